The molecular weight excluding hydrogens is 279 g/mol. The highest BCUT2D eigenvalue weighted by atomic mass is 19.1. The van der Waals surface area contributed by atoms with E-state index in [0.29, 0.717) is 23.3 Å². The molecule has 0 saturated carbocycles. The van der Waals surface area contributed by atoms with Gasteiger partial charge in [0.2, 0.25) is 0 Å². The predicted octanol–water partition coefficient (Wildman–Crippen LogP) is 5.01. The zero-order valence-electron chi connectivity index (χ0n) is 12.1. The molecule has 0 aromatic heterocycles. The maximum Gasteiger partial charge on any atom is 0.127 e. The second-order valence-electron chi connectivity index (χ2n) is 5.17. The van der Waals surface area contributed by atoms with Crippen molar-refractivity contribution < 1.29 is 14.2 Å². The first kappa shape index (κ1) is 14.4. The molecular formula is C19H17FO2. The molecule has 3 heteroatoms. The van der Waals surface area contributed by atoms with Crippen LogP contribution in [-0.4, -0.2) is 11.7 Å². The zero-order valence-corrected chi connectivity index (χ0v) is 12.1. The van der Waals surface area contributed by atoms with Gasteiger partial charge in [-0.2, -0.15) is 0 Å². The molecule has 0 spiro atoms. The van der Waals surface area contributed by atoms with Gasteiger partial charge in [0.25, 0.3) is 0 Å². The average molecular weight is 296 g/mol. The van der Waals surface area contributed by atoms with Crippen LogP contribution in [0.15, 0.2) is 72.1 Å². The first-order valence-electron chi connectivity index (χ1n) is 7.30. The van der Waals surface area contributed by atoms with Gasteiger partial charge in [-0.25, -0.2) is 4.39 Å². The molecule has 0 amide bonds. The van der Waals surface area contributed by atoms with Gasteiger partial charge in [-0.1, -0.05) is 48.6 Å². The number of halogens is 1. The zero-order chi connectivity index (χ0) is 15.4. The molecule has 1 aliphatic rings. The average Bonchev–Trinajstić information content (AvgIpc) is 2.55. The van der Waals surface area contributed by atoms with Crippen molar-refractivity contribution in [3.8, 4) is 22.6 Å². The van der Waals surface area contributed by atoms with E-state index in [-0.39, 0.29) is 18.2 Å². The number of hydrogen-bond acceptors (Lipinski definition) is 2. The van der Waals surface area contributed by atoms with Crippen molar-refractivity contribution in [2.75, 3.05) is 6.61 Å². The summed E-state index contributed by atoms with van der Waals surface area (Å²) in [7, 11) is 0. The van der Waals surface area contributed by atoms with E-state index in [1.54, 1.807) is 18.2 Å². The second kappa shape index (κ2) is 6.48. The summed E-state index contributed by atoms with van der Waals surface area (Å²) in [5, 5.41) is 10.0. The van der Waals surface area contributed by atoms with E-state index in [1.807, 2.05) is 42.5 Å². The number of hydrogen-bond donors (Lipinski definition) is 1. The van der Waals surface area contributed by atoms with Crippen LogP contribution in [0.4, 0.5) is 4.39 Å². The normalized spacial score (nSPS) is 14.2. The molecule has 3 rings (SSSR count). The van der Waals surface area contributed by atoms with Crippen LogP contribution in [0.25, 0.3) is 11.1 Å². The maximum absolute atomic E-state index is 13.7. The molecule has 0 fully saturated rings. The van der Waals surface area contributed by atoms with Gasteiger partial charge < -0.3 is 9.84 Å². The molecule has 0 unspecified atom stereocenters. The molecule has 0 radical (unpaired) electrons. The maximum atomic E-state index is 13.7. The number of phenols is 1. The second-order valence-corrected chi connectivity index (χ2v) is 5.17. The molecule has 0 saturated heterocycles. The number of rotatable bonds is 4. The van der Waals surface area contributed by atoms with Gasteiger partial charge >= 0.3 is 0 Å². The summed E-state index contributed by atoms with van der Waals surface area (Å²) < 4.78 is 19.5. The fourth-order valence-electron chi connectivity index (χ4n) is 2.48. The van der Waals surface area contributed by atoms with Gasteiger partial charge in [0.1, 0.15) is 23.9 Å². The van der Waals surface area contributed by atoms with Crippen molar-refractivity contribution in [1.82, 2.24) is 0 Å². The molecule has 0 atom stereocenters. The van der Waals surface area contributed by atoms with E-state index >= 15 is 0 Å². The van der Waals surface area contributed by atoms with Crippen LogP contribution in [0.2, 0.25) is 0 Å². The van der Waals surface area contributed by atoms with Crippen molar-refractivity contribution in [1.29, 1.82) is 0 Å². The Labute approximate surface area is 129 Å². The minimum absolute atomic E-state index is 0.109. The molecule has 2 nitrogen and oxygen atoms in total. The highest BCUT2D eigenvalue weighted by Crippen LogP contribution is 2.35. The number of phenolic OH excluding ortho intramolecular Hbond substituents is 1. The van der Waals surface area contributed by atoms with Gasteiger partial charge in [-0.3, -0.25) is 0 Å². The highest BCUT2D eigenvalue weighted by Gasteiger charge is 2.12. The predicted molar refractivity (Wildman–Crippen MR) is 85.5 cm³/mol. The summed E-state index contributed by atoms with van der Waals surface area (Å²) in [6.07, 6.45) is 4.91. The first-order chi connectivity index (χ1) is 10.8. The van der Waals surface area contributed by atoms with Crippen LogP contribution in [0.5, 0.6) is 11.5 Å². The summed E-state index contributed by atoms with van der Waals surface area (Å²) in [4.78, 5) is 0. The number of para-hydroxylation sites is 2. The Hall–Kier alpha value is -2.55. The van der Waals surface area contributed by atoms with Crippen molar-refractivity contribution in [3.05, 3.63) is 72.1 Å². The summed E-state index contributed by atoms with van der Waals surface area (Å²) in [6.45, 7) is 0.187. The lowest BCUT2D eigenvalue weighted by molar-refractivity contribution is 0.349. The molecule has 2 aromatic carbocycles. The minimum Gasteiger partial charge on any atom is -0.507 e. The monoisotopic (exact) mass is 296 g/mol. The molecule has 1 N–H and O–H groups in total. The van der Waals surface area contributed by atoms with Gasteiger partial charge in [0, 0.05) is 23.1 Å². The van der Waals surface area contributed by atoms with E-state index < -0.39 is 0 Å². The van der Waals surface area contributed by atoms with Crippen LogP contribution in [0, 0.1) is 0 Å². The minimum atomic E-state index is -0.109. The van der Waals surface area contributed by atoms with Crippen molar-refractivity contribution in [2.24, 2.45) is 0 Å². The van der Waals surface area contributed by atoms with Crippen molar-refractivity contribution in [3.63, 3.8) is 0 Å². The molecule has 2 aromatic rings. The molecule has 0 heterocycles. The van der Waals surface area contributed by atoms with Gasteiger partial charge in [-0.15, -0.1) is 0 Å². The molecule has 0 bridgehead atoms. The van der Waals surface area contributed by atoms with E-state index in [1.165, 1.54) is 0 Å². The van der Waals surface area contributed by atoms with E-state index in [2.05, 4.69) is 0 Å². The number of benzene rings is 2. The third-order valence-corrected chi connectivity index (χ3v) is 3.66. The Kier molecular flexibility index (Phi) is 4.24. The molecule has 0 aliphatic heterocycles. The Morgan fingerprint density at radius 2 is 1.73 bits per heavy atom. The highest BCUT2D eigenvalue weighted by molar-refractivity contribution is 5.75. The summed E-state index contributed by atoms with van der Waals surface area (Å²) in [5.74, 6) is 0.715. The largest absolute Gasteiger partial charge is 0.507 e. The number of ether oxygens (including phenoxy) is 1. The Morgan fingerprint density at radius 1 is 1.00 bits per heavy atom. The lowest BCUT2D eigenvalue weighted by Gasteiger charge is -2.14. The van der Waals surface area contributed by atoms with Crippen molar-refractivity contribution >= 4 is 0 Å². The smallest absolute Gasteiger partial charge is 0.127 e. The molecule has 1 aliphatic carbocycles. The fraction of sp³-hybridized carbons (Fsp3) is 0.158. The molecule has 22 heavy (non-hydrogen) atoms. The molecule has 112 valence electrons. The Morgan fingerprint density at radius 3 is 2.50 bits per heavy atom. The number of allylic oxidation sites excluding steroid dienone is 2. The van der Waals surface area contributed by atoms with Gasteiger partial charge in [0.05, 0.1) is 0 Å². The van der Waals surface area contributed by atoms with E-state index in [4.69, 9.17) is 4.74 Å². The van der Waals surface area contributed by atoms with Gasteiger partial charge in [-0.05, 0) is 18.6 Å². The first-order valence-corrected chi connectivity index (χ1v) is 7.30. The summed E-state index contributed by atoms with van der Waals surface area (Å²) in [6, 6.07) is 14.6. The van der Waals surface area contributed by atoms with Crippen LogP contribution in [-0.2, 0) is 0 Å². The Bertz CT molecular complexity index is 732. The Balaban J connectivity index is 1.86. The van der Waals surface area contributed by atoms with E-state index in [0.717, 1.165) is 12.0 Å². The third kappa shape index (κ3) is 3.03. The lowest BCUT2D eigenvalue weighted by Crippen LogP contribution is -2.04. The SMILES string of the molecule is Oc1ccccc1-c1ccccc1OCC1=C(F)CCC=C1. The van der Waals surface area contributed by atoms with Crippen LogP contribution in [0.3, 0.4) is 0 Å². The lowest BCUT2D eigenvalue weighted by atomic mass is 10.0. The topological polar surface area (TPSA) is 29.5 Å². The van der Waals surface area contributed by atoms with Crippen molar-refractivity contribution in [2.45, 2.75) is 12.8 Å². The van der Waals surface area contributed by atoms with Crippen LogP contribution >= 0.6 is 0 Å². The standard InChI is InChI=1S/C19H17FO2/c20-17-10-4-1-7-14(17)13-22-19-12-6-3-9-16(19)15-8-2-5-11-18(15)21/h1-3,5-9,11-12,21H,4,10,13H2. The van der Waals surface area contributed by atoms with Gasteiger partial charge in [0.15, 0.2) is 0 Å². The third-order valence-electron chi connectivity index (χ3n) is 3.66. The van der Waals surface area contributed by atoms with Crippen LogP contribution in [0.1, 0.15) is 12.8 Å². The van der Waals surface area contributed by atoms with E-state index in [9.17, 15) is 9.50 Å². The summed E-state index contributed by atoms with van der Waals surface area (Å²) >= 11 is 0. The quantitative estimate of drug-likeness (QED) is 0.859. The summed E-state index contributed by atoms with van der Waals surface area (Å²) in [5.41, 5.74) is 2.08. The fourth-order valence-corrected chi connectivity index (χ4v) is 2.48. The number of aromatic hydroxyl groups is 1. The van der Waals surface area contributed by atoms with Crippen LogP contribution < -0.4 is 4.74 Å².